The molecule has 116 valence electrons. The summed E-state index contributed by atoms with van der Waals surface area (Å²) in [6.45, 7) is 5.00. The Morgan fingerprint density at radius 3 is 2.91 bits per heavy atom. The first kappa shape index (κ1) is 14.8. The van der Waals surface area contributed by atoms with Gasteiger partial charge in [0.25, 0.3) is 5.91 Å². The minimum absolute atomic E-state index is 0.105. The molecule has 2 heterocycles. The van der Waals surface area contributed by atoms with E-state index >= 15 is 0 Å². The minimum atomic E-state index is -0.332. The standard InChI is InChI=1S/C17H20FN3O/c1-11-5-6-13(8-15(11)18)17(22)21-7-3-4-14(10-21)16-19-9-12(2)20-16/h5-6,8-9,14H,3-4,7,10H2,1-2H3,(H,19,20)/t14-/m0/s1. The van der Waals surface area contributed by atoms with Crippen LogP contribution < -0.4 is 0 Å². The highest BCUT2D eigenvalue weighted by atomic mass is 19.1. The molecule has 0 aliphatic carbocycles. The van der Waals surface area contributed by atoms with Gasteiger partial charge in [0.1, 0.15) is 11.6 Å². The second-order valence-corrected chi connectivity index (χ2v) is 6.01. The van der Waals surface area contributed by atoms with Gasteiger partial charge >= 0.3 is 0 Å². The number of nitrogens with one attached hydrogen (secondary N) is 1. The number of halogens is 1. The molecular formula is C17H20FN3O. The molecule has 0 radical (unpaired) electrons. The highest BCUT2D eigenvalue weighted by molar-refractivity contribution is 5.94. The third-order valence-corrected chi connectivity index (χ3v) is 4.24. The Kier molecular flexibility index (Phi) is 3.96. The monoisotopic (exact) mass is 301 g/mol. The maximum atomic E-state index is 13.7. The lowest BCUT2D eigenvalue weighted by Crippen LogP contribution is -2.39. The summed E-state index contributed by atoms with van der Waals surface area (Å²) in [7, 11) is 0. The topological polar surface area (TPSA) is 49.0 Å². The van der Waals surface area contributed by atoms with E-state index in [0.29, 0.717) is 24.2 Å². The fourth-order valence-electron chi connectivity index (χ4n) is 2.93. The van der Waals surface area contributed by atoms with E-state index < -0.39 is 0 Å². The Balaban J connectivity index is 1.76. The van der Waals surface area contributed by atoms with Gasteiger partial charge in [-0.1, -0.05) is 6.07 Å². The molecule has 0 unspecified atom stereocenters. The lowest BCUT2D eigenvalue weighted by atomic mass is 9.96. The van der Waals surface area contributed by atoms with Crippen molar-refractivity contribution in [1.82, 2.24) is 14.9 Å². The molecule has 1 atom stereocenters. The molecule has 2 aromatic rings. The van der Waals surface area contributed by atoms with E-state index in [9.17, 15) is 9.18 Å². The summed E-state index contributed by atoms with van der Waals surface area (Å²) in [6, 6.07) is 4.68. The number of amides is 1. The summed E-state index contributed by atoms with van der Waals surface area (Å²) < 4.78 is 13.7. The summed E-state index contributed by atoms with van der Waals surface area (Å²) in [5.41, 5.74) is 2.00. The predicted molar refractivity (Wildman–Crippen MR) is 82.3 cm³/mol. The van der Waals surface area contributed by atoms with Crippen LogP contribution in [0.25, 0.3) is 0 Å². The molecular weight excluding hydrogens is 281 g/mol. The summed E-state index contributed by atoms with van der Waals surface area (Å²) in [5.74, 6) is 0.722. The average molecular weight is 301 g/mol. The van der Waals surface area contributed by atoms with Gasteiger partial charge in [0.15, 0.2) is 0 Å². The third-order valence-electron chi connectivity index (χ3n) is 4.24. The second-order valence-electron chi connectivity index (χ2n) is 6.01. The normalized spacial score (nSPS) is 18.5. The van der Waals surface area contributed by atoms with Crippen LogP contribution in [0.4, 0.5) is 4.39 Å². The number of hydrogen-bond acceptors (Lipinski definition) is 2. The van der Waals surface area contributed by atoms with Crippen LogP contribution in [0.1, 0.15) is 46.2 Å². The maximum absolute atomic E-state index is 13.7. The van der Waals surface area contributed by atoms with Crippen LogP contribution in [0, 0.1) is 19.7 Å². The molecule has 1 amide bonds. The number of imidazole rings is 1. The predicted octanol–water partition coefficient (Wildman–Crippen LogP) is 3.19. The Labute approximate surface area is 129 Å². The average Bonchev–Trinajstić information content (AvgIpc) is 2.96. The number of aromatic nitrogens is 2. The molecule has 0 bridgehead atoms. The number of aromatic amines is 1. The highest BCUT2D eigenvalue weighted by Crippen LogP contribution is 2.26. The molecule has 1 N–H and O–H groups in total. The number of likely N-dealkylation sites (tertiary alicyclic amines) is 1. The molecule has 0 spiro atoms. The first-order valence-corrected chi connectivity index (χ1v) is 7.61. The molecule has 4 nitrogen and oxygen atoms in total. The molecule has 5 heteroatoms. The first-order chi connectivity index (χ1) is 10.5. The minimum Gasteiger partial charge on any atom is -0.346 e. The van der Waals surface area contributed by atoms with Crippen molar-refractivity contribution in [2.75, 3.05) is 13.1 Å². The van der Waals surface area contributed by atoms with Gasteiger partial charge in [0.2, 0.25) is 0 Å². The molecule has 1 aromatic heterocycles. The SMILES string of the molecule is Cc1cnc([C@H]2CCCN(C(=O)c3ccc(C)c(F)c3)C2)[nH]1. The van der Waals surface area contributed by atoms with Crippen molar-refractivity contribution in [2.45, 2.75) is 32.6 Å². The summed E-state index contributed by atoms with van der Waals surface area (Å²) in [6.07, 6.45) is 3.76. The Bertz CT molecular complexity index is 695. The van der Waals surface area contributed by atoms with Crippen molar-refractivity contribution in [1.29, 1.82) is 0 Å². The zero-order chi connectivity index (χ0) is 15.7. The zero-order valence-electron chi connectivity index (χ0n) is 12.9. The lowest BCUT2D eigenvalue weighted by molar-refractivity contribution is 0.0704. The van der Waals surface area contributed by atoms with Crippen LogP contribution >= 0.6 is 0 Å². The fraction of sp³-hybridized carbons (Fsp3) is 0.412. The van der Waals surface area contributed by atoms with E-state index in [1.165, 1.54) is 6.07 Å². The van der Waals surface area contributed by atoms with Crippen molar-refractivity contribution in [2.24, 2.45) is 0 Å². The number of piperidine rings is 1. The van der Waals surface area contributed by atoms with Gasteiger partial charge in [-0.25, -0.2) is 9.37 Å². The summed E-state index contributed by atoms with van der Waals surface area (Å²) in [5, 5.41) is 0. The van der Waals surface area contributed by atoms with Crippen molar-refractivity contribution in [3.63, 3.8) is 0 Å². The number of nitrogens with zero attached hydrogens (tertiary/aromatic N) is 2. The molecule has 22 heavy (non-hydrogen) atoms. The maximum Gasteiger partial charge on any atom is 0.253 e. The van der Waals surface area contributed by atoms with E-state index in [1.807, 2.05) is 13.1 Å². The summed E-state index contributed by atoms with van der Waals surface area (Å²) in [4.78, 5) is 22.0. The number of aryl methyl sites for hydroxylation is 2. The van der Waals surface area contributed by atoms with Crippen molar-refractivity contribution in [3.05, 3.63) is 52.9 Å². The zero-order valence-corrected chi connectivity index (χ0v) is 12.9. The number of carbonyl (C=O) groups is 1. The van der Waals surface area contributed by atoms with Crippen LogP contribution in [-0.2, 0) is 0 Å². The Morgan fingerprint density at radius 1 is 1.41 bits per heavy atom. The van der Waals surface area contributed by atoms with Gasteiger partial charge in [0, 0.05) is 36.5 Å². The van der Waals surface area contributed by atoms with Gasteiger partial charge in [0.05, 0.1) is 0 Å². The largest absolute Gasteiger partial charge is 0.346 e. The lowest BCUT2D eigenvalue weighted by Gasteiger charge is -2.32. The molecule has 0 saturated carbocycles. The molecule has 1 aliphatic heterocycles. The number of benzene rings is 1. The molecule has 1 fully saturated rings. The third kappa shape index (κ3) is 2.89. The van der Waals surface area contributed by atoms with E-state index in [4.69, 9.17) is 0 Å². The van der Waals surface area contributed by atoms with E-state index in [1.54, 1.807) is 24.0 Å². The van der Waals surface area contributed by atoms with E-state index in [0.717, 1.165) is 24.4 Å². The van der Waals surface area contributed by atoms with Crippen molar-refractivity contribution < 1.29 is 9.18 Å². The van der Waals surface area contributed by atoms with E-state index in [2.05, 4.69) is 9.97 Å². The summed E-state index contributed by atoms with van der Waals surface area (Å²) >= 11 is 0. The van der Waals surface area contributed by atoms with Crippen molar-refractivity contribution in [3.8, 4) is 0 Å². The molecule has 3 rings (SSSR count). The van der Waals surface area contributed by atoms with Crippen LogP contribution in [0.5, 0.6) is 0 Å². The smallest absolute Gasteiger partial charge is 0.253 e. The van der Waals surface area contributed by atoms with Gasteiger partial charge in [-0.05, 0) is 44.4 Å². The molecule has 1 aromatic carbocycles. The van der Waals surface area contributed by atoms with Gasteiger partial charge in [-0.2, -0.15) is 0 Å². The van der Waals surface area contributed by atoms with Gasteiger partial charge in [-0.15, -0.1) is 0 Å². The number of carbonyl (C=O) groups excluding carboxylic acids is 1. The molecule has 1 saturated heterocycles. The quantitative estimate of drug-likeness (QED) is 0.926. The van der Waals surface area contributed by atoms with Crippen LogP contribution in [-0.4, -0.2) is 33.9 Å². The van der Waals surface area contributed by atoms with Crippen LogP contribution in [0.15, 0.2) is 24.4 Å². The first-order valence-electron chi connectivity index (χ1n) is 7.61. The van der Waals surface area contributed by atoms with Crippen LogP contribution in [0.2, 0.25) is 0 Å². The second kappa shape index (κ2) is 5.91. The fourth-order valence-corrected chi connectivity index (χ4v) is 2.93. The van der Waals surface area contributed by atoms with Crippen molar-refractivity contribution >= 4 is 5.91 Å². The number of H-pyrrole nitrogens is 1. The Morgan fingerprint density at radius 2 is 2.23 bits per heavy atom. The van der Waals surface area contributed by atoms with E-state index in [-0.39, 0.29) is 17.6 Å². The number of hydrogen-bond donors (Lipinski definition) is 1. The Hall–Kier alpha value is -2.17. The van der Waals surface area contributed by atoms with Gasteiger partial charge in [-0.3, -0.25) is 4.79 Å². The van der Waals surface area contributed by atoms with Crippen LogP contribution in [0.3, 0.4) is 0 Å². The number of rotatable bonds is 2. The molecule has 1 aliphatic rings. The van der Waals surface area contributed by atoms with Gasteiger partial charge < -0.3 is 9.88 Å². The highest BCUT2D eigenvalue weighted by Gasteiger charge is 2.27.